The number of halogens is 1. The van der Waals surface area contributed by atoms with Crippen LogP contribution in [0.15, 0.2) is 65.8 Å². The van der Waals surface area contributed by atoms with Gasteiger partial charge in [-0.05, 0) is 17.7 Å². The highest BCUT2D eigenvalue weighted by Gasteiger charge is 2.19. The van der Waals surface area contributed by atoms with Crippen LogP contribution in [0.5, 0.6) is 0 Å². The Labute approximate surface area is 136 Å². The fourth-order valence-corrected chi connectivity index (χ4v) is 3.37. The third-order valence-electron chi connectivity index (χ3n) is 3.13. The van der Waals surface area contributed by atoms with Gasteiger partial charge in [0.05, 0.1) is 4.90 Å². The van der Waals surface area contributed by atoms with Crippen molar-refractivity contribution in [3.63, 3.8) is 0 Å². The van der Waals surface area contributed by atoms with Crippen molar-refractivity contribution in [2.45, 2.75) is 10.2 Å². The number of benzene rings is 2. The lowest BCUT2D eigenvalue weighted by Gasteiger charge is -2.04. The molecule has 0 aliphatic carbocycles. The molecule has 0 unspecified atom stereocenters. The van der Waals surface area contributed by atoms with Crippen LogP contribution < -0.4 is 0 Å². The zero-order valence-corrected chi connectivity index (χ0v) is 13.8. The monoisotopic (exact) mass is 377 g/mol. The minimum atomic E-state index is -3.72. The van der Waals surface area contributed by atoms with Crippen LogP contribution in [-0.2, 0) is 15.4 Å². The Kier molecular flexibility index (Phi) is 4.08. The maximum absolute atomic E-state index is 12.5. The summed E-state index contributed by atoms with van der Waals surface area (Å²) in [5.41, 5.74) is 1.77. The van der Waals surface area contributed by atoms with Gasteiger partial charge in [0, 0.05) is 10.9 Å². The minimum absolute atomic E-state index is 0.182. The van der Waals surface area contributed by atoms with Gasteiger partial charge in [-0.2, -0.15) is 8.42 Å². The van der Waals surface area contributed by atoms with Gasteiger partial charge in [0.15, 0.2) is 5.82 Å². The highest BCUT2D eigenvalue weighted by Crippen LogP contribution is 2.18. The molecule has 0 saturated carbocycles. The van der Waals surface area contributed by atoms with Crippen LogP contribution in [0.1, 0.15) is 5.56 Å². The van der Waals surface area contributed by atoms with E-state index >= 15 is 0 Å². The van der Waals surface area contributed by atoms with Crippen molar-refractivity contribution in [3.8, 4) is 11.4 Å². The van der Waals surface area contributed by atoms with Crippen LogP contribution in [0.3, 0.4) is 0 Å². The van der Waals surface area contributed by atoms with E-state index in [4.69, 9.17) is 0 Å². The van der Waals surface area contributed by atoms with Gasteiger partial charge >= 0.3 is 0 Å². The molecule has 3 aromatic rings. The Morgan fingerprint density at radius 3 is 2.32 bits per heavy atom. The molecule has 0 aliphatic rings. The van der Waals surface area contributed by atoms with Gasteiger partial charge in [0.25, 0.3) is 10.0 Å². The zero-order valence-electron chi connectivity index (χ0n) is 11.4. The standard InChI is InChI=1S/C15H12BrN3O2S/c16-10-12-6-8-14(9-7-12)22(20,21)19-11-17-15(18-19)13-4-2-1-3-5-13/h1-9,11H,10H2. The van der Waals surface area contributed by atoms with Crippen molar-refractivity contribution < 1.29 is 8.42 Å². The first-order valence-corrected chi connectivity index (χ1v) is 9.05. The average molecular weight is 378 g/mol. The summed E-state index contributed by atoms with van der Waals surface area (Å²) >= 11 is 3.33. The first-order valence-electron chi connectivity index (χ1n) is 6.49. The van der Waals surface area contributed by atoms with E-state index in [1.54, 1.807) is 24.3 Å². The summed E-state index contributed by atoms with van der Waals surface area (Å²) in [4.78, 5) is 4.26. The van der Waals surface area contributed by atoms with Crippen molar-refractivity contribution >= 4 is 26.0 Å². The maximum Gasteiger partial charge on any atom is 0.284 e. The van der Waals surface area contributed by atoms with E-state index < -0.39 is 10.0 Å². The molecule has 0 N–H and O–H groups in total. The largest absolute Gasteiger partial charge is 0.284 e. The van der Waals surface area contributed by atoms with E-state index in [0.717, 1.165) is 15.2 Å². The molecule has 0 amide bonds. The zero-order chi connectivity index (χ0) is 15.6. The molecule has 5 nitrogen and oxygen atoms in total. The van der Waals surface area contributed by atoms with Crippen LogP contribution in [0.25, 0.3) is 11.4 Å². The van der Waals surface area contributed by atoms with E-state index in [1.807, 2.05) is 30.3 Å². The first-order chi connectivity index (χ1) is 10.6. The van der Waals surface area contributed by atoms with Crippen LogP contribution in [0, 0.1) is 0 Å². The van der Waals surface area contributed by atoms with E-state index in [0.29, 0.717) is 11.2 Å². The topological polar surface area (TPSA) is 64.8 Å². The van der Waals surface area contributed by atoms with E-state index in [1.165, 1.54) is 6.33 Å². The molecule has 112 valence electrons. The molecule has 3 rings (SSSR count). The Balaban J connectivity index is 1.97. The molecule has 1 heterocycles. The summed E-state index contributed by atoms with van der Waals surface area (Å²) in [6.45, 7) is 0. The number of rotatable bonds is 4. The van der Waals surface area contributed by atoms with Gasteiger partial charge in [-0.25, -0.2) is 4.98 Å². The number of hydrogen-bond acceptors (Lipinski definition) is 4. The third kappa shape index (κ3) is 2.82. The summed E-state index contributed by atoms with van der Waals surface area (Å²) in [6, 6.07) is 15.9. The molecule has 22 heavy (non-hydrogen) atoms. The van der Waals surface area contributed by atoms with Gasteiger partial charge in [-0.1, -0.05) is 58.4 Å². The predicted molar refractivity (Wildman–Crippen MR) is 87.1 cm³/mol. The summed E-state index contributed by atoms with van der Waals surface area (Å²) < 4.78 is 26.0. The fourth-order valence-electron chi connectivity index (χ4n) is 1.94. The molecular weight excluding hydrogens is 366 g/mol. The molecule has 0 bridgehead atoms. The quantitative estimate of drug-likeness (QED) is 0.655. The van der Waals surface area contributed by atoms with Crippen molar-refractivity contribution in [2.24, 2.45) is 0 Å². The number of hydrogen-bond donors (Lipinski definition) is 0. The normalized spacial score (nSPS) is 11.5. The Hall–Kier alpha value is -1.99. The van der Waals surface area contributed by atoms with E-state index in [2.05, 4.69) is 26.0 Å². The van der Waals surface area contributed by atoms with Crippen LogP contribution in [-0.4, -0.2) is 22.6 Å². The summed E-state index contributed by atoms with van der Waals surface area (Å²) in [5, 5.41) is 4.75. The molecule has 0 saturated heterocycles. The van der Waals surface area contributed by atoms with Gasteiger partial charge in [-0.15, -0.1) is 9.19 Å². The van der Waals surface area contributed by atoms with Gasteiger partial charge in [0.1, 0.15) is 6.33 Å². The second-order valence-corrected chi connectivity index (χ2v) is 6.95. The SMILES string of the molecule is O=S(=O)(c1ccc(CBr)cc1)n1cnc(-c2ccccc2)n1. The lowest BCUT2D eigenvalue weighted by molar-refractivity contribution is 0.580. The molecule has 1 aromatic heterocycles. The molecule has 0 fully saturated rings. The predicted octanol–water partition coefficient (Wildman–Crippen LogP) is 3.08. The molecule has 0 aliphatic heterocycles. The molecule has 7 heteroatoms. The first kappa shape index (κ1) is 14.9. The highest BCUT2D eigenvalue weighted by molar-refractivity contribution is 9.08. The third-order valence-corrected chi connectivity index (χ3v) is 5.31. The van der Waals surface area contributed by atoms with Crippen molar-refractivity contribution in [1.29, 1.82) is 0 Å². The van der Waals surface area contributed by atoms with Gasteiger partial charge in [-0.3, -0.25) is 0 Å². The smallest absolute Gasteiger partial charge is 0.214 e. The summed E-state index contributed by atoms with van der Waals surface area (Å²) in [5.74, 6) is 0.376. The van der Waals surface area contributed by atoms with E-state index in [9.17, 15) is 8.42 Å². The molecule has 2 aromatic carbocycles. The molecular formula is C15H12BrN3O2S. The molecule has 0 atom stereocenters. The lowest BCUT2D eigenvalue weighted by Crippen LogP contribution is -2.13. The second kappa shape index (κ2) is 6.02. The van der Waals surface area contributed by atoms with Crippen molar-refractivity contribution in [3.05, 3.63) is 66.5 Å². The highest BCUT2D eigenvalue weighted by atomic mass is 79.9. The van der Waals surface area contributed by atoms with Crippen molar-refractivity contribution in [1.82, 2.24) is 14.2 Å². The average Bonchev–Trinajstić information content (AvgIpc) is 3.06. The Morgan fingerprint density at radius 1 is 1.00 bits per heavy atom. The lowest BCUT2D eigenvalue weighted by atomic mass is 10.2. The molecule has 0 spiro atoms. The van der Waals surface area contributed by atoms with Crippen LogP contribution in [0.4, 0.5) is 0 Å². The summed E-state index contributed by atoms with van der Waals surface area (Å²) in [6.07, 6.45) is 1.22. The second-order valence-electron chi connectivity index (χ2n) is 4.59. The fraction of sp³-hybridized carbons (Fsp3) is 0.0667. The maximum atomic E-state index is 12.5. The summed E-state index contributed by atoms with van der Waals surface area (Å²) in [7, 11) is -3.72. The van der Waals surface area contributed by atoms with Crippen LogP contribution in [0.2, 0.25) is 0 Å². The minimum Gasteiger partial charge on any atom is -0.214 e. The van der Waals surface area contributed by atoms with Gasteiger partial charge in [0.2, 0.25) is 0 Å². The van der Waals surface area contributed by atoms with Crippen LogP contribution >= 0.6 is 15.9 Å². The Bertz CT molecular complexity index is 875. The van der Waals surface area contributed by atoms with Gasteiger partial charge < -0.3 is 0 Å². The van der Waals surface area contributed by atoms with E-state index in [-0.39, 0.29) is 4.90 Å². The number of aromatic nitrogens is 3. The number of alkyl halides is 1. The molecule has 0 radical (unpaired) electrons. The van der Waals surface area contributed by atoms with Crippen molar-refractivity contribution in [2.75, 3.05) is 0 Å². The number of nitrogens with zero attached hydrogens (tertiary/aromatic N) is 3. The Morgan fingerprint density at radius 2 is 1.68 bits per heavy atom.